The number of hydrogen-bond acceptors (Lipinski definition) is 7. The van der Waals surface area contributed by atoms with E-state index in [9.17, 15) is 27.6 Å². The minimum absolute atomic E-state index is 0.167. The van der Waals surface area contributed by atoms with Gasteiger partial charge in [0.2, 0.25) is 23.6 Å². The molecule has 0 bridgehead atoms. The summed E-state index contributed by atoms with van der Waals surface area (Å²) in [5.41, 5.74) is 7.56. The Morgan fingerprint density at radius 2 is 1.66 bits per heavy atom. The Balaban J connectivity index is 1.77. The molecule has 0 spiro atoms. The number of benzene rings is 2. The van der Waals surface area contributed by atoms with Gasteiger partial charge in [-0.15, -0.1) is 0 Å². The zero-order valence-electron chi connectivity index (χ0n) is 23.7. The van der Waals surface area contributed by atoms with E-state index in [4.69, 9.17) is 5.73 Å². The van der Waals surface area contributed by atoms with Crippen molar-refractivity contribution in [3.05, 3.63) is 71.8 Å². The molecule has 1 fully saturated rings. The number of amides is 4. The highest BCUT2D eigenvalue weighted by atomic mass is 32.2. The van der Waals surface area contributed by atoms with E-state index < -0.39 is 45.7 Å². The number of likely N-dealkylation sites (N-methyl/N-ethyl adjacent to an activating group) is 1. The van der Waals surface area contributed by atoms with E-state index in [1.54, 1.807) is 7.05 Å². The lowest BCUT2D eigenvalue weighted by Crippen LogP contribution is -2.56. The van der Waals surface area contributed by atoms with Gasteiger partial charge in [0.25, 0.3) is 0 Å². The predicted octanol–water partition coefficient (Wildman–Crippen LogP) is 0.413. The number of nitrogens with two attached hydrogens (primary N) is 1. The summed E-state index contributed by atoms with van der Waals surface area (Å²) < 4.78 is 23.7. The summed E-state index contributed by atoms with van der Waals surface area (Å²) in [5, 5.41) is 5.23. The maximum absolute atomic E-state index is 13.8. The van der Waals surface area contributed by atoms with E-state index in [-0.39, 0.29) is 37.1 Å². The van der Waals surface area contributed by atoms with Crippen molar-refractivity contribution in [1.82, 2.24) is 20.4 Å². The van der Waals surface area contributed by atoms with Crippen molar-refractivity contribution in [2.75, 3.05) is 32.1 Å². The van der Waals surface area contributed by atoms with Gasteiger partial charge < -0.3 is 26.2 Å². The second-order valence-electron chi connectivity index (χ2n) is 10.6. The van der Waals surface area contributed by atoms with Crippen molar-refractivity contribution in [2.24, 2.45) is 5.73 Å². The van der Waals surface area contributed by atoms with Crippen molar-refractivity contribution >= 4 is 33.5 Å². The highest BCUT2D eigenvalue weighted by Gasteiger charge is 2.42. The largest absolute Gasteiger partial charge is 0.345 e. The van der Waals surface area contributed by atoms with Crippen molar-refractivity contribution in [2.45, 2.75) is 50.4 Å². The predicted molar refractivity (Wildman–Crippen MR) is 155 cm³/mol. The summed E-state index contributed by atoms with van der Waals surface area (Å²) in [5.74, 6) is -2.49. The van der Waals surface area contributed by atoms with Crippen LogP contribution in [-0.4, -0.2) is 92.1 Å². The fourth-order valence-electron chi connectivity index (χ4n) is 4.75. The van der Waals surface area contributed by atoms with Crippen molar-refractivity contribution < 1.29 is 27.6 Å². The molecule has 0 saturated carbocycles. The molecule has 3 rings (SSSR count). The number of sulfone groups is 1. The van der Waals surface area contributed by atoms with E-state index >= 15 is 0 Å². The summed E-state index contributed by atoms with van der Waals surface area (Å²) in [6.45, 7) is 1.76. The molecule has 1 aliphatic heterocycles. The van der Waals surface area contributed by atoms with Gasteiger partial charge in [-0.25, -0.2) is 8.42 Å². The van der Waals surface area contributed by atoms with Crippen LogP contribution in [0, 0.1) is 0 Å². The maximum atomic E-state index is 13.8. The number of rotatable bonds is 12. The van der Waals surface area contributed by atoms with Crippen LogP contribution in [-0.2, 0) is 35.6 Å². The number of hydrogen-bond donors (Lipinski definition) is 3. The fraction of sp³-hybridized carbons (Fsp3) is 0.448. The van der Waals surface area contributed by atoms with Crippen molar-refractivity contribution in [3.63, 3.8) is 0 Å². The maximum Gasteiger partial charge on any atom is 0.245 e. The summed E-state index contributed by atoms with van der Waals surface area (Å²) >= 11 is 0. The molecule has 1 heterocycles. The fourth-order valence-corrected chi connectivity index (χ4v) is 5.41. The van der Waals surface area contributed by atoms with Crippen LogP contribution in [0.15, 0.2) is 60.7 Å². The highest BCUT2D eigenvalue weighted by molar-refractivity contribution is 7.90. The Morgan fingerprint density at radius 1 is 1.05 bits per heavy atom. The molecule has 0 aliphatic carbocycles. The minimum atomic E-state index is -3.44. The lowest BCUT2D eigenvalue weighted by molar-refractivity contribution is -0.142. The average molecular weight is 586 g/mol. The number of likely N-dealkylation sites (tertiary alicyclic amines) is 1. The monoisotopic (exact) mass is 585 g/mol. The quantitative estimate of drug-likeness (QED) is 0.325. The Labute approximate surface area is 241 Å². The van der Waals surface area contributed by atoms with Crippen LogP contribution in [0.3, 0.4) is 0 Å². The lowest BCUT2D eigenvalue weighted by atomic mass is 9.96. The Bertz CT molecular complexity index is 1320. The van der Waals surface area contributed by atoms with Gasteiger partial charge in [-0.3, -0.25) is 19.2 Å². The van der Waals surface area contributed by atoms with Crippen LogP contribution >= 0.6 is 0 Å². The molecule has 4 N–H and O–H groups in total. The first-order chi connectivity index (χ1) is 19.4. The van der Waals surface area contributed by atoms with Gasteiger partial charge >= 0.3 is 0 Å². The molecule has 2 aromatic rings. The molecule has 41 heavy (non-hydrogen) atoms. The molecule has 1 saturated heterocycles. The van der Waals surface area contributed by atoms with Crippen LogP contribution in [0.1, 0.15) is 36.8 Å². The first-order valence-electron chi connectivity index (χ1n) is 13.5. The second-order valence-corrected chi connectivity index (χ2v) is 12.8. The molecule has 4 unspecified atom stereocenters. The van der Waals surface area contributed by atoms with E-state index in [2.05, 4.69) is 10.6 Å². The van der Waals surface area contributed by atoms with E-state index in [1.807, 2.05) is 60.7 Å². The number of nitrogens with zero attached hydrogens (tertiary/aromatic N) is 2. The van der Waals surface area contributed by atoms with E-state index in [0.717, 1.165) is 17.4 Å². The highest BCUT2D eigenvalue weighted by Crippen LogP contribution is 2.32. The van der Waals surface area contributed by atoms with Gasteiger partial charge in [-0.05, 0) is 30.9 Å². The molecule has 11 nitrogen and oxygen atoms in total. The molecule has 12 heteroatoms. The lowest BCUT2D eigenvalue weighted by Gasteiger charge is -2.29. The second kappa shape index (κ2) is 14.2. The molecule has 222 valence electrons. The molecule has 4 atom stereocenters. The van der Waals surface area contributed by atoms with E-state index in [1.165, 1.54) is 16.7 Å². The van der Waals surface area contributed by atoms with Gasteiger partial charge in [0.15, 0.2) is 0 Å². The van der Waals surface area contributed by atoms with Crippen LogP contribution < -0.4 is 16.4 Å². The molecular weight excluding hydrogens is 546 g/mol. The van der Waals surface area contributed by atoms with Crippen molar-refractivity contribution in [3.8, 4) is 0 Å². The summed E-state index contributed by atoms with van der Waals surface area (Å²) in [6, 6.07) is 15.8. The van der Waals surface area contributed by atoms with Crippen LogP contribution in [0.4, 0.5) is 0 Å². The molecule has 4 amide bonds. The Hall–Kier alpha value is -3.77. The van der Waals surface area contributed by atoms with Crippen LogP contribution in [0.2, 0.25) is 0 Å². The third-order valence-electron chi connectivity index (χ3n) is 7.07. The standard InChI is InChI=1S/C29H39N5O6S/c1-20(30)27(36)32-24(14-15-41(3,39)40)29(38)34-19-23(22-12-8-5-9-13-22)16-25(34)28(37)31-17-26(35)33(2)18-21-10-6-4-7-11-21/h4-13,20,23-25H,14-19,30H2,1-3H3,(H,31,37)(H,32,36). The molecule has 0 aromatic heterocycles. The zero-order chi connectivity index (χ0) is 30.2. The number of carbonyl (C=O) groups is 4. The van der Waals surface area contributed by atoms with Crippen LogP contribution in [0.25, 0.3) is 0 Å². The SMILES string of the molecule is CC(N)C(=O)NC(CCS(C)(=O)=O)C(=O)N1CC(c2ccccc2)CC1C(=O)NCC(=O)N(C)Cc1ccccc1. The normalized spacial score (nSPS) is 18.3. The third kappa shape index (κ3) is 9.39. The molecule has 1 aliphatic rings. The Kier molecular flexibility index (Phi) is 11.0. The summed E-state index contributed by atoms with van der Waals surface area (Å²) in [6.07, 6.45) is 1.18. The van der Waals surface area contributed by atoms with Gasteiger partial charge in [0, 0.05) is 32.3 Å². The number of nitrogens with one attached hydrogen (secondary N) is 2. The Morgan fingerprint density at radius 3 is 2.24 bits per heavy atom. The summed E-state index contributed by atoms with van der Waals surface area (Å²) in [7, 11) is -1.79. The average Bonchev–Trinajstić information content (AvgIpc) is 3.39. The van der Waals surface area contributed by atoms with Gasteiger partial charge in [0.05, 0.1) is 18.3 Å². The topological polar surface area (TPSA) is 159 Å². The third-order valence-corrected chi connectivity index (χ3v) is 8.04. The van der Waals surface area contributed by atoms with Crippen LogP contribution in [0.5, 0.6) is 0 Å². The van der Waals surface area contributed by atoms with Crippen molar-refractivity contribution in [1.29, 1.82) is 0 Å². The molecular formula is C29H39N5O6S. The first-order valence-corrected chi connectivity index (χ1v) is 15.6. The van der Waals surface area contributed by atoms with E-state index in [0.29, 0.717) is 13.0 Å². The summed E-state index contributed by atoms with van der Waals surface area (Å²) in [4.78, 5) is 55.2. The van der Waals surface area contributed by atoms with Gasteiger partial charge in [-0.1, -0.05) is 60.7 Å². The first kappa shape index (κ1) is 31.8. The van der Waals surface area contributed by atoms with Gasteiger partial charge in [0.1, 0.15) is 21.9 Å². The smallest absolute Gasteiger partial charge is 0.245 e. The zero-order valence-corrected chi connectivity index (χ0v) is 24.5. The minimum Gasteiger partial charge on any atom is -0.345 e. The molecule has 0 radical (unpaired) electrons. The molecule has 2 aromatic carbocycles. The number of carbonyl (C=O) groups excluding carboxylic acids is 4. The van der Waals surface area contributed by atoms with Gasteiger partial charge in [-0.2, -0.15) is 0 Å².